The van der Waals surface area contributed by atoms with Crippen LogP contribution in [0.5, 0.6) is 0 Å². The number of halogens is 3. The van der Waals surface area contributed by atoms with Crippen molar-refractivity contribution in [1.29, 1.82) is 0 Å². The maximum atomic E-state index is 12.1. The van der Waals surface area contributed by atoms with Crippen LogP contribution >= 0.6 is 0 Å². The van der Waals surface area contributed by atoms with E-state index in [2.05, 4.69) is 6.58 Å². The molecule has 0 aliphatic carbocycles. The van der Waals surface area contributed by atoms with E-state index < -0.39 is 11.7 Å². The normalized spacial score (nSPS) is 15.6. The number of hydrogen-bond acceptors (Lipinski definition) is 0. The van der Waals surface area contributed by atoms with E-state index in [9.17, 15) is 13.2 Å². The van der Waals surface area contributed by atoms with Gasteiger partial charge in [-0.2, -0.15) is 13.2 Å². The van der Waals surface area contributed by atoms with Gasteiger partial charge in [0.05, 0.1) is 5.57 Å². The van der Waals surface area contributed by atoms with Gasteiger partial charge in [0.1, 0.15) is 0 Å². The average Bonchev–Trinajstić information content (AvgIpc) is 2.02. The molecule has 0 heterocycles. The molecule has 0 aliphatic rings. The quantitative estimate of drug-likeness (QED) is 0.588. The van der Waals surface area contributed by atoms with Crippen LogP contribution < -0.4 is 0 Å². The average molecular weight is 192 g/mol. The minimum absolute atomic E-state index is 0.289. The predicted molar refractivity (Wildman–Crippen MR) is 48.4 cm³/mol. The molecule has 0 saturated carbocycles. The lowest BCUT2D eigenvalue weighted by Crippen LogP contribution is -2.10. The Hall–Kier alpha value is -0.730. The Labute approximate surface area is 77.1 Å². The van der Waals surface area contributed by atoms with Gasteiger partial charge < -0.3 is 0 Å². The lowest BCUT2D eigenvalue weighted by Gasteiger charge is -2.09. The molecule has 0 aromatic carbocycles. The molecule has 0 rings (SSSR count). The summed E-state index contributed by atoms with van der Waals surface area (Å²) < 4.78 is 36.4. The molecule has 0 fully saturated rings. The fraction of sp³-hybridized carbons (Fsp3) is 0.600. The van der Waals surface area contributed by atoms with Crippen LogP contribution in [0.1, 0.15) is 26.7 Å². The molecule has 0 nitrogen and oxygen atoms in total. The third-order valence-corrected chi connectivity index (χ3v) is 1.98. The van der Waals surface area contributed by atoms with E-state index in [1.54, 1.807) is 0 Å². The first-order chi connectivity index (χ1) is 5.91. The van der Waals surface area contributed by atoms with Gasteiger partial charge in [-0.25, -0.2) is 0 Å². The topological polar surface area (TPSA) is 0 Å². The first kappa shape index (κ1) is 12.3. The van der Waals surface area contributed by atoms with E-state index >= 15 is 0 Å². The predicted octanol–water partition coefficient (Wildman–Crippen LogP) is 4.10. The van der Waals surface area contributed by atoms with E-state index in [-0.39, 0.29) is 5.92 Å². The van der Waals surface area contributed by atoms with E-state index in [4.69, 9.17) is 0 Å². The van der Waals surface area contributed by atoms with Gasteiger partial charge in [-0.05, 0) is 12.3 Å². The van der Waals surface area contributed by atoms with E-state index in [1.807, 2.05) is 13.8 Å². The molecule has 0 N–H and O–H groups in total. The van der Waals surface area contributed by atoms with Crippen molar-refractivity contribution in [2.45, 2.75) is 32.9 Å². The largest absolute Gasteiger partial charge is 0.416 e. The van der Waals surface area contributed by atoms with Crippen LogP contribution in [0.15, 0.2) is 24.3 Å². The molecule has 0 aromatic rings. The molecule has 3 heteroatoms. The maximum absolute atomic E-state index is 12.1. The summed E-state index contributed by atoms with van der Waals surface area (Å²) >= 11 is 0. The summed E-state index contributed by atoms with van der Waals surface area (Å²) in [7, 11) is 0. The molecular formula is C10H15F3. The maximum Gasteiger partial charge on any atom is 0.416 e. The first-order valence-corrected chi connectivity index (χ1v) is 4.31. The second-order valence-corrected chi connectivity index (χ2v) is 3.11. The van der Waals surface area contributed by atoms with Crippen molar-refractivity contribution < 1.29 is 13.2 Å². The van der Waals surface area contributed by atoms with Gasteiger partial charge in [-0.3, -0.25) is 0 Å². The molecule has 0 radical (unpaired) electrons. The first-order valence-electron chi connectivity index (χ1n) is 4.31. The standard InChI is InChI=1S/C10H15F3/c1-4-8(3)6-7-9(5-2)10(11,12)13/h5,7-8H,2,4,6H2,1,3H3/b9-7+. The zero-order chi connectivity index (χ0) is 10.5. The number of rotatable bonds is 4. The van der Waals surface area contributed by atoms with Crippen LogP contribution in [-0.2, 0) is 0 Å². The second kappa shape index (κ2) is 5.10. The lowest BCUT2D eigenvalue weighted by atomic mass is 10.0. The molecule has 13 heavy (non-hydrogen) atoms. The Morgan fingerprint density at radius 3 is 2.31 bits per heavy atom. The number of hydrogen-bond donors (Lipinski definition) is 0. The Kier molecular flexibility index (Phi) is 4.81. The molecular weight excluding hydrogens is 177 g/mol. The third-order valence-electron chi connectivity index (χ3n) is 1.98. The highest BCUT2D eigenvalue weighted by atomic mass is 19.4. The molecule has 0 amide bonds. The molecule has 0 bridgehead atoms. The minimum Gasteiger partial charge on any atom is -0.166 e. The van der Waals surface area contributed by atoms with Gasteiger partial charge in [0.2, 0.25) is 0 Å². The van der Waals surface area contributed by atoms with Gasteiger partial charge in [-0.1, -0.05) is 39.0 Å². The van der Waals surface area contributed by atoms with Gasteiger partial charge in [0.25, 0.3) is 0 Å². The highest BCUT2D eigenvalue weighted by Gasteiger charge is 2.30. The van der Waals surface area contributed by atoms with E-state index in [0.717, 1.165) is 12.5 Å². The fourth-order valence-corrected chi connectivity index (χ4v) is 0.810. The van der Waals surface area contributed by atoms with Crippen molar-refractivity contribution in [2.75, 3.05) is 0 Å². The molecule has 0 spiro atoms. The zero-order valence-electron chi connectivity index (χ0n) is 7.99. The summed E-state index contributed by atoms with van der Waals surface area (Å²) in [5.74, 6) is 0.289. The molecule has 1 unspecified atom stereocenters. The minimum atomic E-state index is -4.25. The Morgan fingerprint density at radius 1 is 1.46 bits per heavy atom. The number of allylic oxidation sites excluding steroid dienone is 3. The molecule has 0 saturated heterocycles. The summed E-state index contributed by atoms with van der Waals surface area (Å²) in [6.07, 6.45) is -0.838. The number of alkyl halides is 3. The van der Waals surface area contributed by atoms with Crippen molar-refractivity contribution >= 4 is 0 Å². The highest BCUT2D eigenvalue weighted by Crippen LogP contribution is 2.27. The molecule has 1 atom stereocenters. The second-order valence-electron chi connectivity index (χ2n) is 3.11. The van der Waals surface area contributed by atoms with Crippen LogP contribution in [0.4, 0.5) is 13.2 Å². The van der Waals surface area contributed by atoms with Crippen molar-refractivity contribution in [3.8, 4) is 0 Å². The summed E-state index contributed by atoms with van der Waals surface area (Å²) in [6, 6.07) is 0. The van der Waals surface area contributed by atoms with E-state index in [0.29, 0.717) is 6.42 Å². The van der Waals surface area contributed by atoms with Crippen molar-refractivity contribution in [3.63, 3.8) is 0 Å². The van der Waals surface area contributed by atoms with Crippen LogP contribution in [0, 0.1) is 5.92 Å². The van der Waals surface area contributed by atoms with Gasteiger partial charge in [0, 0.05) is 0 Å². The zero-order valence-corrected chi connectivity index (χ0v) is 7.99. The lowest BCUT2D eigenvalue weighted by molar-refractivity contribution is -0.0884. The van der Waals surface area contributed by atoms with E-state index in [1.165, 1.54) is 6.08 Å². The van der Waals surface area contributed by atoms with Gasteiger partial charge in [-0.15, -0.1) is 0 Å². The summed E-state index contributed by atoms with van der Waals surface area (Å²) in [6.45, 7) is 7.03. The molecule has 0 aromatic heterocycles. The van der Waals surface area contributed by atoms with Gasteiger partial charge in [0.15, 0.2) is 0 Å². The fourth-order valence-electron chi connectivity index (χ4n) is 0.810. The SMILES string of the molecule is C=C/C(=C\CC(C)CC)C(F)(F)F. The molecule has 76 valence electrons. The Morgan fingerprint density at radius 2 is 2.00 bits per heavy atom. The summed E-state index contributed by atoms with van der Waals surface area (Å²) in [5.41, 5.74) is -0.632. The highest BCUT2D eigenvalue weighted by molar-refractivity contribution is 5.21. The third kappa shape index (κ3) is 4.76. The van der Waals surface area contributed by atoms with Crippen LogP contribution in [0.25, 0.3) is 0 Å². The monoisotopic (exact) mass is 192 g/mol. The smallest absolute Gasteiger partial charge is 0.166 e. The van der Waals surface area contributed by atoms with Gasteiger partial charge >= 0.3 is 6.18 Å². The Bertz CT molecular complexity index is 189. The Balaban J connectivity index is 4.32. The summed E-state index contributed by atoms with van der Waals surface area (Å²) in [5, 5.41) is 0. The van der Waals surface area contributed by atoms with Crippen molar-refractivity contribution in [1.82, 2.24) is 0 Å². The summed E-state index contributed by atoms with van der Waals surface area (Å²) in [4.78, 5) is 0. The van der Waals surface area contributed by atoms with Crippen LogP contribution in [0.2, 0.25) is 0 Å². The van der Waals surface area contributed by atoms with Crippen molar-refractivity contribution in [3.05, 3.63) is 24.3 Å². The van der Waals surface area contributed by atoms with Crippen molar-refractivity contribution in [2.24, 2.45) is 5.92 Å². The van der Waals surface area contributed by atoms with Crippen LogP contribution in [0.3, 0.4) is 0 Å². The molecule has 0 aliphatic heterocycles. The van der Waals surface area contributed by atoms with Crippen LogP contribution in [-0.4, -0.2) is 6.18 Å².